The molecule has 0 radical (unpaired) electrons. The highest BCUT2D eigenvalue weighted by atomic mass is 16.6. The van der Waals surface area contributed by atoms with Crippen molar-refractivity contribution >= 4 is 6.09 Å². The Balaban J connectivity index is 1.50. The second-order valence-corrected chi connectivity index (χ2v) is 12.7. The van der Waals surface area contributed by atoms with Crippen molar-refractivity contribution < 1.29 is 23.7 Å². The smallest absolute Gasteiger partial charge is 0.410 e. The van der Waals surface area contributed by atoms with E-state index in [1.165, 1.54) is 18.4 Å². The molecule has 0 aromatic carbocycles. The van der Waals surface area contributed by atoms with E-state index in [9.17, 15) is 4.79 Å². The van der Waals surface area contributed by atoms with Crippen molar-refractivity contribution in [2.45, 2.75) is 135 Å². The molecule has 3 rings (SSSR count). The van der Waals surface area contributed by atoms with E-state index in [0.29, 0.717) is 31.2 Å². The standard InChI is InChI=1S/C32H56N2O5/c1-7-9-19-36-22-28(23-37-20-10-8-2)38-27-17-13-25-14-18-29(33-30(25)21-27)24-11-15-26(16-12-24)34(6)31(35)39-32(3,4)5/h11,17,25-26,28-30,33H,7-10,12-16,18-23H2,1-6H3/t25-,26?,29?,30-/m0/s1. The van der Waals surface area contributed by atoms with Crippen molar-refractivity contribution in [1.29, 1.82) is 0 Å². The number of allylic oxidation sites excluding steroid dienone is 1. The molecule has 1 fully saturated rings. The van der Waals surface area contributed by atoms with Gasteiger partial charge in [0.15, 0.2) is 0 Å². The number of amides is 1. The maximum atomic E-state index is 12.5. The predicted octanol–water partition coefficient (Wildman–Crippen LogP) is 6.77. The van der Waals surface area contributed by atoms with E-state index >= 15 is 0 Å². The molecule has 0 aromatic rings. The maximum Gasteiger partial charge on any atom is 0.410 e. The third-order valence-electron chi connectivity index (χ3n) is 8.18. The van der Waals surface area contributed by atoms with Crippen LogP contribution in [-0.4, -0.2) is 74.3 Å². The Bertz CT molecular complexity index is 793. The highest BCUT2D eigenvalue weighted by molar-refractivity contribution is 5.68. The third-order valence-corrected chi connectivity index (χ3v) is 8.18. The molecule has 1 saturated heterocycles. The number of hydrogen-bond donors (Lipinski definition) is 1. The lowest BCUT2D eigenvalue weighted by atomic mass is 9.77. The summed E-state index contributed by atoms with van der Waals surface area (Å²) in [6.07, 6.45) is 16.2. The molecule has 2 unspecified atom stereocenters. The monoisotopic (exact) mass is 548 g/mol. The number of unbranched alkanes of at least 4 members (excludes halogenated alkanes) is 2. The fourth-order valence-corrected chi connectivity index (χ4v) is 5.78. The van der Waals surface area contributed by atoms with Crippen LogP contribution < -0.4 is 5.32 Å². The van der Waals surface area contributed by atoms with Gasteiger partial charge in [-0.25, -0.2) is 4.79 Å². The van der Waals surface area contributed by atoms with Crippen LogP contribution >= 0.6 is 0 Å². The molecule has 1 amide bonds. The quantitative estimate of drug-likeness (QED) is 0.191. The van der Waals surface area contributed by atoms with Crippen molar-refractivity contribution in [2.75, 3.05) is 33.5 Å². The maximum absolute atomic E-state index is 12.5. The first-order chi connectivity index (χ1) is 18.7. The zero-order valence-corrected chi connectivity index (χ0v) is 25.6. The Hall–Kier alpha value is -1.57. The van der Waals surface area contributed by atoms with Crippen LogP contribution in [0.5, 0.6) is 0 Å². The van der Waals surface area contributed by atoms with Crippen LogP contribution in [0.25, 0.3) is 0 Å². The number of nitrogens with zero attached hydrogens (tertiary/aromatic N) is 1. The van der Waals surface area contributed by atoms with Crippen LogP contribution in [0.15, 0.2) is 23.5 Å². The summed E-state index contributed by atoms with van der Waals surface area (Å²) in [6.45, 7) is 12.8. The van der Waals surface area contributed by atoms with Gasteiger partial charge in [-0.1, -0.05) is 38.3 Å². The zero-order chi connectivity index (χ0) is 28.3. The topological polar surface area (TPSA) is 69.3 Å². The van der Waals surface area contributed by atoms with Gasteiger partial charge in [0.05, 0.1) is 19.0 Å². The normalized spacial score (nSPS) is 25.5. The number of rotatable bonds is 14. The minimum Gasteiger partial charge on any atom is -0.490 e. The lowest BCUT2D eigenvalue weighted by Crippen LogP contribution is -2.50. The molecule has 7 nitrogen and oxygen atoms in total. The van der Waals surface area contributed by atoms with Crippen molar-refractivity contribution in [2.24, 2.45) is 5.92 Å². The summed E-state index contributed by atoms with van der Waals surface area (Å²) in [5.41, 5.74) is 1.04. The highest BCUT2D eigenvalue weighted by Crippen LogP contribution is 2.36. The van der Waals surface area contributed by atoms with Crippen molar-refractivity contribution in [3.63, 3.8) is 0 Å². The van der Waals surface area contributed by atoms with Crippen molar-refractivity contribution in [1.82, 2.24) is 10.2 Å². The number of fused-ring (bicyclic) bond motifs is 1. The summed E-state index contributed by atoms with van der Waals surface area (Å²) in [7, 11) is 1.87. The first-order valence-electron chi connectivity index (χ1n) is 15.6. The molecule has 2 aliphatic carbocycles. The second-order valence-electron chi connectivity index (χ2n) is 12.7. The van der Waals surface area contributed by atoms with Gasteiger partial charge in [-0.05, 0) is 84.1 Å². The molecular weight excluding hydrogens is 492 g/mol. The summed E-state index contributed by atoms with van der Waals surface area (Å²) >= 11 is 0. The molecule has 7 heteroatoms. The lowest BCUT2D eigenvalue weighted by molar-refractivity contribution is -0.0410. The van der Waals surface area contributed by atoms with Crippen LogP contribution in [0.1, 0.15) is 105 Å². The SMILES string of the molecule is CCCCOCC(COCCCC)OC1=CC[C@H]2CCC(C3=CCC(N(C)C(=O)OC(C)(C)C)CC3)N[C@H]2C1. The highest BCUT2D eigenvalue weighted by Gasteiger charge is 2.36. The Labute approximate surface area is 238 Å². The number of carbonyl (C=O) groups is 1. The molecule has 0 bridgehead atoms. The molecule has 39 heavy (non-hydrogen) atoms. The molecule has 4 atom stereocenters. The summed E-state index contributed by atoms with van der Waals surface area (Å²) < 4.78 is 23.9. The summed E-state index contributed by atoms with van der Waals surface area (Å²) in [5.74, 6) is 1.76. The first kappa shape index (κ1) is 32.0. The van der Waals surface area contributed by atoms with Crippen LogP contribution in [0.4, 0.5) is 4.79 Å². The van der Waals surface area contributed by atoms with Gasteiger partial charge in [-0.15, -0.1) is 0 Å². The first-order valence-corrected chi connectivity index (χ1v) is 15.6. The molecular formula is C32H56N2O5. The van der Waals surface area contributed by atoms with Gasteiger partial charge >= 0.3 is 6.09 Å². The zero-order valence-electron chi connectivity index (χ0n) is 25.6. The minimum atomic E-state index is -0.468. The van der Waals surface area contributed by atoms with E-state index in [4.69, 9.17) is 18.9 Å². The summed E-state index contributed by atoms with van der Waals surface area (Å²) in [6, 6.07) is 1.06. The Kier molecular flexibility index (Phi) is 13.1. The fourth-order valence-electron chi connectivity index (χ4n) is 5.78. The van der Waals surface area contributed by atoms with Gasteiger partial charge in [0, 0.05) is 44.8 Å². The lowest BCUT2D eigenvalue weighted by Gasteiger charge is -2.42. The van der Waals surface area contributed by atoms with E-state index in [1.807, 2.05) is 27.8 Å². The van der Waals surface area contributed by atoms with Gasteiger partial charge in [0.25, 0.3) is 0 Å². The van der Waals surface area contributed by atoms with Crippen LogP contribution in [0, 0.1) is 5.92 Å². The summed E-state index contributed by atoms with van der Waals surface area (Å²) in [4.78, 5) is 14.3. The van der Waals surface area contributed by atoms with Crippen LogP contribution in [0.3, 0.4) is 0 Å². The average molecular weight is 549 g/mol. The summed E-state index contributed by atoms with van der Waals surface area (Å²) in [5, 5.41) is 3.99. The van der Waals surface area contributed by atoms with E-state index in [2.05, 4.69) is 31.3 Å². The Morgan fingerprint density at radius 3 is 2.31 bits per heavy atom. The molecule has 224 valence electrons. The van der Waals surface area contributed by atoms with Crippen molar-refractivity contribution in [3.05, 3.63) is 23.5 Å². The molecule has 0 spiro atoms. The molecule has 1 N–H and O–H groups in total. The predicted molar refractivity (Wildman–Crippen MR) is 157 cm³/mol. The van der Waals surface area contributed by atoms with E-state index in [-0.39, 0.29) is 18.2 Å². The van der Waals surface area contributed by atoms with E-state index < -0.39 is 5.60 Å². The molecule has 0 saturated carbocycles. The van der Waals surface area contributed by atoms with Gasteiger partial charge in [0.1, 0.15) is 11.7 Å². The van der Waals surface area contributed by atoms with Crippen LogP contribution in [0.2, 0.25) is 0 Å². The fraction of sp³-hybridized carbons (Fsp3) is 0.844. The van der Waals surface area contributed by atoms with Gasteiger partial charge < -0.3 is 29.2 Å². The average Bonchev–Trinajstić information content (AvgIpc) is 2.91. The van der Waals surface area contributed by atoms with Crippen molar-refractivity contribution in [3.8, 4) is 0 Å². The van der Waals surface area contributed by atoms with Crippen LogP contribution in [-0.2, 0) is 18.9 Å². The molecule has 0 aromatic heterocycles. The Morgan fingerprint density at radius 2 is 1.72 bits per heavy atom. The third kappa shape index (κ3) is 10.7. The van der Waals surface area contributed by atoms with Gasteiger partial charge in [0.2, 0.25) is 0 Å². The van der Waals surface area contributed by atoms with E-state index in [1.54, 1.807) is 4.90 Å². The number of carbonyl (C=O) groups excluding carboxylic acids is 1. The molecule has 1 aliphatic heterocycles. The molecule has 3 aliphatic rings. The number of ether oxygens (including phenoxy) is 4. The number of piperidine rings is 1. The second kappa shape index (κ2) is 16.0. The van der Waals surface area contributed by atoms with Gasteiger partial charge in [-0.3, -0.25) is 0 Å². The number of nitrogens with one attached hydrogen (secondary N) is 1. The Morgan fingerprint density at radius 1 is 1.03 bits per heavy atom. The molecule has 1 heterocycles. The number of hydrogen-bond acceptors (Lipinski definition) is 6. The minimum absolute atomic E-state index is 0.0548. The van der Waals surface area contributed by atoms with E-state index in [0.717, 1.165) is 76.8 Å². The van der Waals surface area contributed by atoms with Gasteiger partial charge in [-0.2, -0.15) is 0 Å². The largest absolute Gasteiger partial charge is 0.490 e.